The van der Waals surface area contributed by atoms with Crippen LogP contribution in [0.2, 0.25) is 0 Å². The molecule has 0 aromatic rings. The number of methoxy groups -OCH3 is 1. The number of alkyl carbamates (subject to hydrolysis) is 1. The molecule has 1 N–H and O–H groups in total. The molecule has 0 heterocycles. The Morgan fingerprint density at radius 2 is 1.74 bits per heavy atom. The van der Waals surface area contributed by atoms with Crippen molar-refractivity contribution in [3.8, 4) is 0 Å². The molecule has 0 aromatic carbocycles. The Balaban J connectivity index is 4.60. The standard InChI is InChI=1S/C15H25NO7/c1-10(17)22-9-12(18)8-11(6-7-13(19)21-5)16-14(20)23-15(2,3)4/h11H,6-9H2,1-5H3,(H,16,20)/t11-/m0/s1. The molecule has 0 saturated carbocycles. The van der Waals surface area contributed by atoms with Crippen molar-refractivity contribution < 1.29 is 33.4 Å². The van der Waals surface area contributed by atoms with E-state index in [0.717, 1.165) is 0 Å². The van der Waals surface area contributed by atoms with Gasteiger partial charge in [-0.25, -0.2) is 4.79 Å². The average molecular weight is 331 g/mol. The van der Waals surface area contributed by atoms with E-state index in [9.17, 15) is 19.2 Å². The molecule has 1 atom stereocenters. The molecule has 0 aromatic heterocycles. The normalized spacial score (nSPS) is 12.0. The first-order chi connectivity index (χ1) is 10.5. The molecular formula is C15H25NO7. The minimum atomic E-state index is -0.687. The van der Waals surface area contributed by atoms with E-state index in [1.807, 2.05) is 0 Å². The first-order valence-electron chi connectivity index (χ1n) is 7.25. The summed E-state index contributed by atoms with van der Waals surface area (Å²) < 4.78 is 14.3. The number of carbonyl (C=O) groups excluding carboxylic acids is 4. The lowest BCUT2D eigenvalue weighted by Gasteiger charge is -2.23. The van der Waals surface area contributed by atoms with Crippen LogP contribution >= 0.6 is 0 Å². The smallest absolute Gasteiger partial charge is 0.407 e. The van der Waals surface area contributed by atoms with Crippen LogP contribution < -0.4 is 5.32 Å². The van der Waals surface area contributed by atoms with Gasteiger partial charge in [0.25, 0.3) is 0 Å². The molecule has 1 amide bonds. The number of nitrogens with one attached hydrogen (secondary N) is 1. The molecule has 0 aliphatic rings. The topological polar surface area (TPSA) is 108 Å². The highest BCUT2D eigenvalue weighted by atomic mass is 16.6. The van der Waals surface area contributed by atoms with Gasteiger partial charge in [-0.1, -0.05) is 0 Å². The van der Waals surface area contributed by atoms with Gasteiger partial charge in [-0.05, 0) is 27.2 Å². The first kappa shape index (κ1) is 20.9. The lowest BCUT2D eigenvalue weighted by molar-refractivity contribution is -0.145. The number of hydrogen-bond donors (Lipinski definition) is 1. The molecule has 0 rings (SSSR count). The number of rotatable bonds is 8. The fourth-order valence-electron chi connectivity index (χ4n) is 1.61. The highest BCUT2D eigenvalue weighted by Crippen LogP contribution is 2.10. The number of hydrogen-bond acceptors (Lipinski definition) is 7. The third kappa shape index (κ3) is 12.1. The lowest BCUT2D eigenvalue weighted by Crippen LogP contribution is -2.41. The zero-order valence-electron chi connectivity index (χ0n) is 14.3. The number of amides is 1. The Morgan fingerprint density at radius 3 is 2.22 bits per heavy atom. The summed E-state index contributed by atoms with van der Waals surface area (Å²) in [6, 6.07) is -0.619. The molecule has 0 bridgehead atoms. The number of ketones is 1. The maximum absolute atomic E-state index is 11.8. The quantitative estimate of drug-likeness (QED) is 0.528. The second-order valence-corrected chi connectivity index (χ2v) is 5.98. The van der Waals surface area contributed by atoms with Crippen LogP contribution in [0.3, 0.4) is 0 Å². The summed E-state index contributed by atoms with van der Waals surface area (Å²) >= 11 is 0. The van der Waals surface area contributed by atoms with Crippen LogP contribution in [0.1, 0.15) is 47.0 Å². The van der Waals surface area contributed by atoms with Gasteiger partial charge >= 0.3 is 18.0 Å². The van der Waals surface area contributed by atoms with Crippen molar-refractivity contribution >= 4 is 23.8 Å². The van der Waals surface area contributed by atoms with Crippen LogP contribution in [-0.2, 0) is 28.6 Å². The van der Waals surface area contributed by atoms with Crippen LogP contribution in [0.25, 0.3) is 0 Å². The Hall–Kier alpha value is -2.12. The Morgan fingerprint density at radius 1 is 1.13 bits per heavy atom. The minimum absolute atomic E-state index is 0.0395. The van der Waals surface area contributed by atoms with Crippen LogP contribution in [0.15, 0.2) is 0 Å². The monoisotopic (exact) mass is 331 g/mol. The summed E-state index contributed by atoms with van der Waals surface area (Å²) in [5.41, 5.74) is -0.682. The van der Waals surface area contributed by atoms with E-state index >= 15 is 0 Å². The van der Waals surface area contributed by atoms with E-state index in [1.54, 1.807) is 20.8 Å². The van der Waals surface area contributed by atoms with Crippen molar-refractivity contribution in [2.45, 2.75) is 58.6 Å². The molecular weight excluding hydrogens is 306 g/mol. The third-order valence-electron chi connectivity index (χ3n) is 2.56. The van der Waals surface area contributed by atoms with Crippen molar-refractivity contribution in [3.63, 3.8) is 0 Å². The SMILES string of the molecule is COC(=O)CC[C@@H](CC(=O)COC(C)=O)NC(=O)OC(C)(C)C. The number of Topliss-reactive ketones (excluding diaryl/α,β-unsaturated/α-hetero) is 1. The van der Waals surface area contributed by atoms with E-state index in [0.29, 0.717) is 0 Å². The highest BCUT2D eigenvalue weighted by Gasteiger charge is 2.22. The van der Waals surface area contributed by atoms with E-state index in [-0.39, 0.29) is 31.7 Å². The first-order valence-corrected chi connectivity index (χ1v) is 7.25. The molecule has 8 heteroatoms. The number of ether oxygens (including phenoxy) is 3. The van der Waals surface area contributed by atoms with Crippen LogP contribution in [0.5, 0.6) is 0 Å². The third-order valence-corrected chi connectivity index (χ3v) is 2.56. The van der Waals surface area contributed by atoms with Crippen molar-refractivity contribution in [1.82, 2.24) is 5.32 Å². The number of esters is 2. The predicted molar refractivity (Wildman–Crippen MR) is 80.7 cm³/mol. The summed E-state index contributed by atoms with van der Waals surface area (Å²) in [4.78, 5) is 45.4. The molecule has 132 valence electrons. The van der Waals surface area contributed by atoms with Crippen LogP contribution in [-0.4, -0.2) is 49.2 Å². The Kier molecular flexibility index (Phi) is 8.90. The zero-order valence-corrected chi connectivity index (χ0v) is 14.3. The van der Waals surface area contributed by atoms with Gasteiger partial charge in [-0.15, -0.1) is 0 Å². The van der Waals surface area contributed by atoms with Gasteiger partial charge in [0.1, 0.15) is 12.2 Å². The van der Waals surface area contributed by atoms with E-state index in [4.69, 9.17) is 4.74 Å². The minimum Gasteiger partial charge on any atom is -0.469 e. The zero-order chi connectivity index (χ0) is 18.0. The summed E-state index contributed by atoms with van der Waals surface area (Å²) in [5, 5.41) is 2.54. The fourth-order valence-corrected chi connectivity index (χ4v) is 1.61. The second-order valence-electron chi connectivity index (χ2n) is 5.98. The molecule has 0 saturated heterocycles. The van der Waals surface area contributed by atoms with Crippen molar-refractivity contribution in [2.75, 3.05) is 13.7 Å². The van der Waals surface area contributed by atoms with Crippen molar-refractivity contribution in [2.24, 2.45) is 0 Å². The summed E-state index contributed by atoms with van der Waals surface area (Å²) in [6.45, 7) is 5.95. The largest absolute Gasteiger partial charge is 0.469 e. The molecule has 0 aliphatic carbocycles. The maximum Gasteiger partial charge on any atom is 0.407 e. The van der Waals surface area contributed by atoms with E-state index in [1.165, 1.54) is 14.0 Å². The van der Waals surface area contributed by atoms with Gasteiger partial charge in [-0.3, -0.25) is 14.4 Å². The molecule has 0 aliphatic heterocycles. The summed E-state index contributed by atoms with van der Waals surface area (Å²) in [7, 11) is 1.25. The highest BCUT2D eigenvalue weighted by molar-refractivity contribution is 5.83. The fraction of sp³-hybridized carbons (Fsp3) is 0.733. The van der Waals surface area contributed by atoms with Gasteiger partial charge in [0, 0.05) is 25.8 Å². The van der Waals surface area contributed by atoms with Gasteiger partial charge < -0.3 is 19.5 Å². The van der Waals surface area contributed by atoms with Gasteiger partial charge in [-0.2, -0.15) is 0 Å². The predicted octanol–water partition coefficient (Wildman–Crippen LogP) is 1.36. The van der Waals surface area contributed by atoms with Gasteiger partial charge in [0.05, 0.1) is 7.11 Å². The Labute approximate surface area is 135 Å². The maximum atomic E-state index is 11.8. The van der Waals surface area contributed by atoms with Crippen molar-refractivity contribution in [1.29, 1.82) is 0 Å². The molecule has 0 unspecified atom stereocenters. The summed E-state index contributed by atoms with van der Waals surface area (Å²) in [5.74, 6) is -1.39. The number of carbonyl (C=O) groups is 4. The average Bonchev–Trinajstić information content (AvgIpc) is 2.39. The van der Waals surface area contributed by atoms with Crippen LogP contribution in [0, 0.1) is 0 Å². The summed E-state index contributed by atoms with van der Waals surface area (Å²) in [6.07, 6.45) is -0.522. The molecule has 0 spiro atoms. The molecule has 8 nitrogen and oxygen atoms in total. The molecule has 0 fully saturated rings. The second kappa shape index (κ2) is 9.81. The molecule has 0 radical (unpaired) electrons. The lowest BCUT2D eigenvalue weighted by atomic mass is 10.1. The molecule has 23 heavy (non-hydrogen) atoms. The van der Waals surface area contributed by atoms with E-state index < -0.39 is 29.7 Å². The Bertz CT molecular complexity index is 440. The van der Waals surface area contributed by atoms with E-state index in [2.05, 4.69) is 14.8 Å². The van der Waals surface area contributed by atoms with Crippen molar-refractivity contribution in [3.05, 3.63) is 0 Å². The van der Waals surface area contributed by atoms with Gasteiger partial charge in [0.15, 0.2) is 5.78 Å². The van der Waals surface area contributed by atoms with Crippen LogP contribution in [0.4, 0.5) is 4.79 Å². The van der Waals surface area contributed by atoms with Gasteiger partial charge in [0.2, 0.25) is 0 Å².